The van der Waals surface area contributed by atoms with E-state index in [-0.39, 0.29) is 12.3 Å². The zero-order valence-corrected chi connectivity index (χ0v) is 21.0. The van der Waals surface area contributed by atoms with Gasteiger partial charge in [0.15, 0.2) is 0 Å². The first-order chi connectivity index (χ1) is 15.8. The molecule has 6 nitrogen and oxygen atoms in total. The summed E-state index contributed by atoms with van der Waals surface area (Å²) in [5, 5.41) is 2.34. The van der Waals surface area contributed by atoms with Gasteiger partial charge in [0, 0.05) is 38.1 Å². The maximum Gasteiger partial charge on any atom is 0.211 e. The van der Waals surface area contributed by atoms with Crippen LogP contribution in [-0.4, -0.2) is 68.2 Å². The Morgan fingerprint density at radius 1 is 1.15 bits per heavy atom. The summed E-state index contributed by atoms with van der Waals surface area (Å²) in [6.07, 6.45) is 7.05. The maximum atomic E-state index is 12.0. The normalized spacial score (nSPS) is 22.0. The molecule has 178 valence electrons. The summed E-state index contributed by atoms with van der Waals surface area (Å²) < 4.78 is 26.7. The first-order valence-corrected chi connectivity index (χ1v) is 13.8. The van der Waals surface area contributed by atoms with Crippen molar-refractivity contribution < 1.29 is 8.42 Å². The molecular formula is C25H33ClN4O2S. The number of benzene rings is 1. The van der Waals surface area contributed by atoms with Crippen LogP contribution in [0, 0.1) is 0 Å². The summed E-state index contributed by atoms with van der Waals surface area (Å²) in [5.41, 5.74) is 1.94. The predicted molar refractivity (Wildman–Crippen MR) is 138 cm³/mol. The van der Waals surface area contributed by atoms with Crippen LogP contribution in [-0.2, 0) is 10.0 Å². The lowest BCUT2D eigenvalue weighted by atomic mass is 9.94. The summed E-state index contributed by atoms with van der Waals surface area (Å²) in [4.78, 5) is 9.18. The van der Waals surface area contributed by atoms with Gasteiger partial charge in [-0.25, -0.2) is 18.1 Å². The lowest BCUT2D eigenvalue weighted by molar-refractivity contribution is 0.271. The molecule has 1 aliphatic heterocycles. The van der Waals surface area contributed by atoms with Crippen molar-refractivity contribution in [1.29, 1.82) is 0 Å². The Bertz CT molecular complexity index is 1160. The number of anilines is 1. The molecule has 1 unspecified atom stereocenters. The number of nitrogens with one attached hydrogen (secondary N) is 1. The van der Waals surface area contributed by atoms with E-state index in [1.165, 1.54) is 10.8 Å². The molecule has 2 aromatic rings. The fraction of sp³-hybridized carbons (Fsp3) is 0.480. The number of hydrogen-bond donors (Lipinski definition) is 1. The van der Waals surface area contributed by atoms with Crippen LogP contribution in [0.2, 0.25) is 0 Å². The van der Waals surface area contributed by atoms with Crippen LogP contribution in [0.4, 0.5) is 5.82 Å². The van der Waals surface area contributed by atoms with Crippen LogP contribution < -0.4 is 9.62 Å². The first kappa shape index (κ1) is 24.2. The van der Waals surface area contributed by atoms with Gasteiger partial charge >= 0.3 is 0 Å². The van der Waals surface area contributed by atoms with Crippen molar-refractivity contribution in [3.63, 3.8) is 0 Å². The van der Waals surface area contributed by atoms with Crippen molar-refractivity contribution in [3.05, 3.63) is 54.3 Å². The third-order valence-electron chi connectivity index (χ3n) is 6.42. The van der Waals surface area contributed by atoms with Gasteiger partial charge in [-0.3, -0.25) is 0 Å². The molecule has 0 amide bonds. The van der Waals surface area contributed by atoms with Crippen LogP contribution in [0.3, 0.4) is 0 Å². The van der Waals surface area contributed by atoms with E-state index in [9.17, 15) is 8.42 Å². The highest BCUT2D eigenvalue weighted by Crippen LogP contribution is 2.34. The smallest absolute Gasteiger partial charge is 0.211 e. The van der Waals surface area contributed by atoms with E-state index in [1.54, 1.807) is 0 Å². The van der Waals surface area contributed by atoms with Crippen LogP contribution in [0.25, 0.3) is 16.3 Å². The predicted octanol–water partition coefficient (Wildman–Crippen LogP) is 4.03. The quantitative estimate of drug-likeness (QED) is 0.568. The van der Waals surface area contributed by atoms with Gasteiger partial charge in [0.25, 0.3) is 0 Å². The standard InChI is InChI=1S/C25H33ClN4O2S/c1-3-17-33(31,32)27-19-25(26)11-9-20(10-12-25)23-18-21-7-5-6-8-22(21)24(28-23)30-15-13-29(4-2)14-16-30/h5-11,18,27H,3-4,12-17,19H2,1-2H3. The van der Waals surface area contributed by atoms with Gasteiger partial charge in [0.1, 0.15) is 5.82 Å². The van der Waals surface area contributed by atoms with E-state index >= 15 is 0 Å². The molecule has 0 radical (unpaired) electrons. The summed E-state index contributed by atoms with van der Waals surface area (Å²) in [7, 11) is -3.29. The Morgan fingerprint density at radius 3 is 2.58 bits per heavy atom. The molecular weight excluding hydrogens is 456 g/mol. The highest BCUT2D eigenvalue weighted by Gasteiger charge is 2.28. The fourth-order valence-electron chi connectivity index (χ4n) is 4.39. The molecule has 1 N–H and O–H groups in total. The highest BCUT2D eigenvalue weighted by molar-refractivity contribution is 7.89. The topological polar surface area (TPSA) is 65.5 Å². The monoisotopic (exact) mass is 488 g/mol. The molecule has 1 aliphatic carbocycles. The molecule has 0 bridgehead atoms. The Labute approximate surface area is 202 Å². The SMILES string of the molecule is CCCS(=O)(=O)NCC1(Cl)C=CC(c2cc3ccccc3c(N3CCN(CC)CC3)n2)=CC1. The molecule has 1 saturated heterocycles. The van der Waals surface area contributed by atoms with Crippen molar-refractivity contribution in [2.45, 2.75) is 31.6 Å². The number of aromatic nitrogens is 1. The second-order valence-corrected chi connectivity index (χ2v) is 11.5. The third kappa shape index (κ3) is 5.77. The number of likely N-dealkylation sites (N-methyl/N-ethyl adjacent to an activating group) is 1. The summed E-state index contributed by atoms with van der Waals surface area (Å²) in [5.74, 6) is 1.14. The van der Waals surface area contributed by atoms with Crippen molar-refractivity contribution >= 4 is 43.8 Å². The molecule has 8 heteroatoms. The number of allylic oxidation sites excluding steroid dienone is 3. The zero-order chi connectivity index (χ0) is 23.5. The molecule has 2 aliphatic rings. The molecule has 1 atom stereocenters. The number of sulfonamides is 1. The lowest BCUT2D eigenvalue weighted by Gasteiger charge is -2.35. The Kier molecular flexibility index (Phi) is 7.43. The average Bonchev–Trinajstić information content (AvgIpc) is 2.83. The van der Waals surface area contributed by atoms with Crippen LogP contribution in [0.15, 0.2) is 48.6 Å². The van der Waals surface area contributed by atoms with Gasteiger partial charge in [-0.15, -0.1) is 11.6 Å². The Morgan fingerprint density at radius 2 is 1.91 bits per heavy atom. The molecule has 4 rings (SSSR count). The molecule has 0 spiro atoms. The first-order valence-electron chi connectivity index (χ1n) is 11.8. The van der Waals surface area contributed by atoms with Gasteiger partial charge in [0.2, 0.25) is 10.0 Å². The number of rotatable bonds is 8. The van der Waals surface area contributed by atoms with Gasteiger partial charge in [-0.05, 0) is 36.4 Å². The summed E-state index contributed by atoms with van der Waals surface area (Å²) in [6, 6.07) is 10.5. The average molecular weight is 489 g/mol. The minimum atomic E-state index is -3.29. The maximum absolute atomic E-state index is 12.0. The summed E-state index contributed by atoms with van der Waals surface area (Å²) in [6.45, 7) is 9.32. The number of alkyl halides is 1. The van der Waals surface area contributed by atoms with E-state index in [1.807, 2.05) is 19.1 Å². The largest absolute Gasteiger partial charge is 0.354 e. The number of halogens is 1. The van der Waals surface area contributed by atoms with Gasteiger partial charge in [0.05, 0.1) is 16.3 Å². The molecule has 33 heavy (non-hydrogen) atoms. The van der Waals surface area contributed by atoms with E-state index in [0.29, 0.717) is 12.8 Å². The van der Waals surface area contributed by atoms with Gasteiger partial charge in [-0.1, -0.05) is 56.3 Å². The van der Waals surface area contributed by atoms with Crippen LogP contribution >= 0.6 is 11.6 Å². The lowest BCUT2D eigenvalue weighted by Crippen LogP contribution is -2.46. The number of pyridine rings is 1. The third-order valence-corrected chi connectivity index (χ3v) is 8.36. The Balaban J connectivity index is 1.56. The molecule has 1 fully saturated rings. The second kappa shape index (κ2) is 10.1. The Hall–Kier alpha value is -1.93. The van der Waals surface area contributed by atoms with Crippen molar-refractivity contribution in [3.8, 4) is 0 Å². The molecule has 1 aromatic heterocycles. The fourth-order valence-corrected chi connectivity index (χ4v) is 5.84. The minimum absolute atomic E-state index is 0.112. The highest BCUT2D eigenvalue weighted by atomic mass is 35.5. The van der Waals surface area contributed by atoms with Crippen molar-refractivity contribution in [2.75, 3.05) is 49.9 Å². The minimum Gasteiger partial charge on any atom is -0.354 e. The van der Waals surface area contributed by atoms with E-state index < -0.39 is 14.9 Å². The molecule has 0 saturated carbocycles. The van der Waals surface area contributed by atoms with Gasteiger partial charge in [-0.2, -0.15) is 0 Å². The number of fused-ring (bicyclic) bond motifs is 1. The molecule has 2 heterocycles. The second-order valence-electron chi connectivity index (χ2n) is 8.85. The number of nitrogens with zero attached hydrogens (tertiary/aromatic N) is 3. The summed E-state index contributed by atoms with van der Waals surface area (Å²) >= 11 is 6.72. The number of hydrogen-bond acceptors (Lipinski definition) is 5. The zero-order valence-electron chi connectivity index (χ0n) is 19.4. The van der Waals surface area contributed by atoms with Crippen molar-refractivity contribution in [2.24, 2.45) is 0 Å². The van der Waals surface area contributed by atoms with Crippen LogP contribution in [0.1, 0.15) is 32.4 Å². The van der Waals surface area contributed by atoms with Gasteiger partial charge < -0.3 is 9.80 Å². The van der Waals surface area contributed by atoms with Crippen LogP contribution in [0.5, 0.6) is 0 Å². The van der Waals surface area contributed by atoms with E-state index in [4.69, 9.17) is 16.6 Å². The molecule has 1 aromatic carbocycles. The van der Waals surface area contributed by atoms with Crippen molar-refractivity contribution in [1.82, 2.24) is 14.6 Å². The van der Waals surface area contributed by atoms with E-state index in [0.717, 1.165) is 49.8 Å². The number of piperazine rings is 1. The van der Waals surface area contributed by atoms with E-state index in [2.05, 4.69) is 57.9 Å².